The Kier molecular flexibility index (Phi) is 19.2. The van der Waals surface area contributed by atoms with Crippen LogP contribution < -0.4 is 5.32 Å². The van der Waals surface area contributed by atoms with Crippen LogP contribution in [0.2, 0.25) is 0 Å². The molecule has 18 atom stereocenters. The van der Waals surface area contributed by atoms with Crippen molar-refractivity contribution in [3.05, 3.63) is 23.5 Å². The Morgan fingerprint density at radius 3 is 2.18 bits per heavy atom. The van der Waals surface area contributed by atoms with Crippen molar-refractivity contribution < 1.29 is 68.0 Å². The summed E-state index contributed by atoms with van der Waals surface area (Å²) in [5.41, 5.74) is -2.73. The van der Waals surface area contributed by atoms with Gasteiger partial charge in [-0.2, -0.15) is 0 Å². The number of aliphatic hydroxyl groups is 4. The molecule has 1 amide bonds. The van der Waals surface area contributed by atoms with Gasteiger partial charge in [0.15, 0.2) is 12.6 Å². The minimum atomic E-state index is -2.00. The summed E-state index contributed by atoms with van der Waals surface area (Å²) in [6, 6.07) is 1.44. The van der Waals surface area contributed by atoms with Crippen molar-refractivity contribution in [2.24, 2.45) is 30.7 Å². The zero-order chi connectivity index (χ0) is 48.9. The molecule has 3 aliphatic rings. The number of cyclic esters (lactones) is 1. The fourth-order valence-electron chi connectivity index (χ4n) is 10.4. The first kappa shape index (κ1) is 55.0. The van der Waals surface area contributed by atoms with Gasteiger partial charge in [0.25, 0.3) is 5.91 Å². The number of methoxy groups -OCH3 is 2. The number of carbonyl (C=O) groups excluding carboxylic acids is 3. The molecular formula is C48H83N3O14. The van der Waals surface area contributed by atoms with Crippen LogP contribution in [-0.4, -0.2) is 166 Å². The lowest BCUT2D eigenvalue weighted by molar-refractivity contribution is -0.319. The fourth-order valence-corrected chi connectivity index (χ4v) is 10.4. The Hall–Kier alpha value is -2.55. The number of esters is 1. The standard InChI is InChI=1S/C48H83N3O14/c1-16-18-32-22-34(51(13)25-32)43(56)49-19-20-50(12)33-21-27(4)61-45(38(33)53)65-42-29(6)39(64-36-24-46(9,59-14)41(55)31(8)62-36)30(7)44(57)63-35(17-2)48(11,58)40(54)28(5)37(52)26(3)23-47(42,10)60-15/h22,25-31,33,35-36,38-42,45,53-55,58H,16-21,23-24H2,1-15H3,(H,49,56)/t26-,27-,28+,29+,30-,31+,33+,35-,36+,38-,39+,40-,41+,42-,45-,46-,47-,48-/m1/s1. The summed E-state index contributed by atoms with van der Waals surface area (Å²) in [7, 11) is 6.71. The van der Waals surface area contributed by atoms with Crippen LogP contribution in [0.5, 0.6) is 0 Å². The molecule has 0 aliphatic carbocycles. The second kappa shape index (κ2) is 22.7. The summed E-state index contributed by atoms with van der Waals surface area (Å²) in [6.07, 6.45) is -5.85. The molecule has 0 saturated carbocycles. The Balaban J connectivity index is 1.73. The van der Waals surface area contributed by atoms with Crippen molar-refractivity contribution in [2.45, 2.75) is 199 Å². The Morgan fingerprint density at radius 2 is 1.58 bits per heavy atom. The van der Waals surface area contributed by atoms with Crippen LogP contribution in [-0.2, 0) is 56.2 Å². The average Bonchev–Trinajstić information content (AvgIpc) is 3.63. The number of ketones is 1. The SMILES string of the molecule is CCCc1cc(C(=O)NCCN(C)[C@H]2C[C@@H](C)O[C@H](O[C@@H]3[C@@H](C)[C@H](O[C@H]4C[C@@](C)(OC)[C@@H](O)[C@H](C)O4)[C@@H](C)C(=O)O[C@H](CC)[C@@](C)(O)[C@H](O)[C@@H](C)C(=O)[C@H](C)C[C@@]3(C)OC)[C@@H]2O)n(C)c1. The summed E-state index contributed by atoms with van der Waals surface area (Å²) in [5.74, 6) is -4.93. The van der Waals surface area contributed by atoms with E-state index in [1.165, 1.54) is 21.1 Å². The molecule has 0 spiro atoms. The average molecular weight is 926 g/mol. The highest BCUT2D eigenvalue weighted by molar-refractivity contribution is 5.93. The predicted molar refractivity (Wildman–Crippen MR) is 242 cm³/mol. The first-order chi connectivity index (χ1) is 30.3. The van der Waals surface area contributed by atoms with Gasteiger partial charge < -0.3 is 63.5 Å². The van der Waals surface area contributed by atoms with Crippen LogP contribution in [0.25, 0.3) is 0 Å². The Labute approximate surface area is 387 Å². The second-order valence-electron chi connectivity index (χ2n) is 20.0. The highest BCUT2D eigenvalue weighted by Crippen LogP contribution is 2.42. The smallest absolute Gasteiger partial charge is 0.311 e. The van der Waals surface area contributed by atoms with E-state index < -0.39 is 108 Å². The number of nitrogens with zero attached hydrogens (tertiary/aromatic N) is 2. The van der Waals surface area contributed by atoms with Crippen LogP contribution in [0, 0.1) is 23.7 Å². The van der Waals surface area contributed by atoms with Gasteiger partial charge in [-0.05, 0) is 85.9 Å². The van der Waals surface area contributed by atoms with E-state index in [-0.39, 0.29) is 37.1 Å². The third-order valence-electron chi connectivity index (χ3n) is 14.8. The molecule has 3 saturated heterocycles. The van der Waals surface area contributed by atoms with E-state index in [1.54, 1.807) is 48.5 Å². The van der Waals surface area contributed by atoms with Gasteiger partial charge in [0.2, 0.25) is 0 Å². The summed E-state index contributed by atoms with van der Waals surface area (Å²) in [5, 5.41) is 49.6. The fraction of sp³-hybridized carbons (Fsp3) is 0.854. The summed E-state index contributed by atoms with van der Waals surface area (Å²) in [6.45, 7) is 19.8. The van der Waals surface area contributed by atoms with Gasteiger partial charge in [-0.1, -0.05) is 41.0 Å². The van der Waals surface area contributed by atoms with Gasteiger partial charge in [-0.25, -0.2) is 0 Å². The molecule has 65 heavy (non-hydrogen) atoms. The number of hydrogen-bond acceptors (Lipinski definition) is 15. The van der Waals surface area contributed by atoms with Gasteiger partial charge in [-0.15, -0.1) is 0 Å². The number of nitrogens with one attached hydrogen (secondary N) is 1. The lowest BCUT2D eigenvalue weighted by atomic mass is 9.74. The quantitative estimate of drug-likeness (QED) is 0.169. The molecule has 0 bridgehead atoms. The second-order valence-corrected chi connectivity index (χ2v) is 20.0. The molecule has 374 valence electrons. The summed E-state index contributed by atoms with van der Waals surface area (Å²) >= 11 is 0. The number of amides is 1. The van der Waals surface area contributed by atoms with Gasteiger partial charge in [-0.3, -0.25) is 19.3 Å². The first-order valence-electron chi connectivity index (χ1n) is 23.7. The number of carbonyl (C=O) groups is 3. The van der Waals surface area contributed by atoms with E-state index in [4.69, 9.17) is 33.2 Å². The summed E-state index contributed by atoms with van der Waals surface area (Å²) < 4.78 is 46.4. The van der Waals surface area contributed by atoms with E-state index >= 15 is 0 Å². The van der Waals surface area contributed by atoms with Gasteiger partial charge >= 0.3 is 5.97 Å². The van der Waals surface area contributed by atoms with E-state index in [2.05, 4.69) is 12.2 Å². The molecule has 4 rings (SSSR count). The van der Waals surface area contributed by atoms with Crippen LogP contribution in [0.1, 0.15) is 124 Å². The van der Waals surface area contributed by atoms with Crippen LogP contribution >= 0.6 is 0 Å². The van der Waals surface area contributed by atoms with E-state index in [1.807, 2.05) is 49.7 Å². The number of Topliss-reactive ketones (excluding diaryl/α,β-unsaturated/α-hetero) is 1. The van der Waals surface area contributed by atoms with Crippen molar-refractivity contribution >= 4 is 17.7 Å². The van der Waals surface area contributed by atoms with Crippen LogP contribution in [0.4, 0.5) is 0 Å². The highest BCUT2D eigenvalue weighted by Gasteiger charge is 2.54. The number of likely N-dealkylation sites (N-methyl/N-ethyl adjacent to an activating group) is 1. The molecule has 17 nitrogen and oxygen atoms in total. The normalized spacial score (nSPS) is 41.5. The molecule has 3 fully saturated rings. The maximum absolute atomic E-state index is 14.4. The molecule has 1 aromatic heterocycles. The molecule has 0 aromatic carbocycles. The molecule has 5 N–H and O–H groups in total. The number of rotatable bonds is 14. The molecular weight excluding hydrogens is 843 g/mol. The molecule has 17 heteroatoms. The minimum Gasteiger partial charge on any atom is -0.459 e. The summed E-state index contributed by atoms with van der Waals surface area (Å²) in [4.78, 5) is 43.7. The van der Waals surface area contributed by atoms with Crippen molar-refractivity contribution in [1.29, 1.82) is 0 Å². The van der Waals surface area contributed by atoms with Gasteiger partial charge in [0.05, 0.1) is 47.6 Å². The molecule has 0 radical (unpaired) electrons. The zero-order valence-corrected chi connectivity index (χ0v) is 41.7. The lowest BCUT2D eigenvalue weighted by Gasteiger charge is -2.50. The topological polar surface area (TPSA) is 217 Å². The molecule has 1 aromatic rings. The minimum absolute atomic E-state index is 0.0622. The van der Waals surface area contributed by atoms with Crippen molar-refractivity contribution in [3.8, 4) is 0 Å². The van der Waals surface area contributed by atoms with Crippen molar-refractivity contribution in [2.75, 3.05) is 34.4 Å². The number of hydrogen-bond donors (Lipinski definition) is 5. The maximum atomic E-state index is 14.4. The third-order valence-corrected chi connectivity index (χ3v) is 14.8. The van der Waals surface area contributed by atoms with Crippen molar-refractivity contribution in [1.82, 2.24) is 14.8 Å². The molecule has 4 heterocycles. The predicted octanol–water partition coefficient (Wildman–Crippen LogP) is 3.53. The zero-order valence-electron chi connectivity index (χ0n) is 41.7. The molecule has 3 aliphatic heterocycles. The Morgan fingerprint density at radius 1 is 0.938 bits per heavy atom. The maximum Gasteiger partial charge on any atom is 0.311 e. The number of aliphatic hydroxyl groups excluding tert-OH is 3. The largest absolute Gasteiger partial charge is 0.459 e. The monoisotopic (exact) mass is 926 g/mol. The number of aromatic nitrogens is 1. The van der Waals surface area contributed by atoms with Crippen LogP contribution in [0.3, 0.4) is 0 Å². The van der Waals surface area contributed by atoms with Crippen molar-refractivity contribution in [3.63, 3.8) is 0 Å². The van der Waals surface area contributed by atoms with Crippen LogP contribution in [0.15, 0.2) is 12.3 Å². The van der Waals surface area contributed by atoms with E-state index in [0.717, 1.165) is 18.4 Å². The lowest BCUT2D eigenvalue weighted by Crippen LogP contribution is -2.62. The third kappa shape index (κ3) is 12.4. The van der Waals surface area contributed by atoms with Gasteiger partial charge in [0.1, 0.15) is 35.4 Å². The highest BCUT2D eigenvalue weighted by atomic mass is 16.7. The van der Waals surface area contributed by atoms with E-state index in [0.29, 0.717) is 25.2 Å². The first-order valence-corrected chi connectivity index (χ1v) is 23.7. The number of ether oxygens (including phenoxy) is 7. The molecule has 0 unspecified atom stereocenters. The van der Waals surface area contributed by atoms with Gasteiger partial charge in [0, 0.05) is 70.8 Å². The number of aryl methyl sites for hydroxylation is 2. The Bertz CT molecular complexity index is 1730. The van der Waals surface area contributed by atoms with E-state index in [9.17, 15) is 34.8 Å².